The van der Waals surface area contributed by atoms with E-state index in [1.807, 2.05) is 47.5 Å². The molecule has 2 fully saturated rings. The van der Waals surface area contributed by atoms with Gasteiger partial charge >= 0.3 is 18.1 Å². The van der Waals surface area contributed by atoms with Crippen LogP contribution in [0.15, 0.2) is 30.4 Å². The molecule has 1 aromatic carbocycles. The number of likely N-dealkylation sites (N-methyl/N-ethyl adjacent to an activating group) is 1. The topological polar surface area (TPSA) is 91.3 Å². The standard InChI is InChI=1S/C26H32F3N3O5/c1-5-23-9-6-11-32-12-10-24(19(23)32)17-8-7-16(36-4)13-18(17)31(3)20(24)25(35,21(23)37-15(2)33)14-30-22(34)26(27,28)29/h6-9,13,19-21,35H,5,10-12,14H2,1-4H3,(H,30,34)/t19-,20+,21+,23+,24+,25-/m0/s1. The number of hydrogen-bond acceptors (Lipinski definition) is 7. The number of carbonyl (C=O) groups excluding carboxylic acids is 2. The largest absolute Gasteiger partial charge is 0.497 e. The number of esters is 1. The molecule has 202 valence electrons. The van der Waals surface area contributed by atoms with Crippen molar-refractivity contribution >= 4 is 17.6 Å². The maximum atomic E-state index is 13.2. The van der Waals surface area contributed by atoms with Crippen LogP contribution in [-0.4, -0.2) is 85.6 Å². The Hall–Kier alpha value is -2.79. The molecule has 8 nitrogen and oxygen atoms in total. The fraction of sp³-hybridized carbons (Fsp3) is 0.615. The van der Waals surface area contributed by atoms with Crippen molar-refractivity contribution in [2.24, 2.45) is 5.41 Å². The summed E-state index contributed by atoms with van der Waals surface area (Å²) in [5.74, 6) is -2.21. The number of benzene rings is 1. The Morgan fingerprint density at radius 1 is 1.27 bits per heavy atom. The van der Waals surface area contributed by atoms with Crippen molar-refractivity contribution in [3.05, 3.63) is 35.9 Å². The normalized spacial score (nSPS) is 36.0. The van der Waals surface area contributed by atoms with E-state index in [1.54, 1.807) is 14.2 Å². The van der Waals surface area contributed by atoms with E-state index in [0.29, 0.717) is 31.7 Å². The first-order valence-electron chi connectivity index (χ1n) is 12.4. The molecule has 1 amide bonds. The summed E-state index contributed by atoms with van der Waals surface area (Å²) in [6.45, 7) is 3.78. The van der Waals surface area contributed by atoms with Crippen LogP contribution in [0.1, 0.15) is 32.3 Å². The highest BCUT2D eigenvalue weighted by atomic mass is 19.4. The summed E-state index contributed by atoms with van der Waals surface area (Å²) in [4.78, 5) is 28.5. The van der Waals surface area contributed by atoms with E-state index in [4.69, 9.17) is 9.47 Å². The number of anilines is 1. The smallest absolute Gasteiger partial charge is 0.471 e. The minimum absolute atomic E-state index is 0.194. The first-order chi connectivity index (χ1) is 17.4. The lowest BCUT2D eigenvalue weighted by atomic mass is 9.47. The van der Waals surface area contributed by atoms with Gasteiger partial charge in [0, 0.05) is 49.1 Å². The Kier molecular flexibility index (Phi) is 5.84. The van der Waals surface area contributed by atoms with Crippen LogP contribution >= 0.6 is 0 Å². The Morgan fingerprint density at radius 3 is 2.62 bits per heavy atom. The number of methoxy groups -OCH3 is 1. The molecule has 37 heavy (non-hydrogen) atoms. The van der Waals surface area contributed by atoms with Crippen molar-refractivity contribution in [1.82, 2.24) is 10.2 Å². The molecule has 1 saturated heterocycles. The number of amides is 1. The van der Waals surface area contributed by atoms with Crippen LogP contribution in [0.3, 0.4) is 0 Å². The number of carbonyl (C=O) groups is 2. The Bertz CT molecular complexity index is 1160. The van der Waals surface area contributed by atoms with Gasteiger partial charge in [-0.05, 0) is 31.0 Å². The minimum atomic E-state index is -5.13. The lowest BCUT2D eigenvalue weighted by Gasteiger charge is -2.64. The van der Waals surface area contributed by atoms with Crippen molar-refractivity contribution in [1.29, 1.82) is 0 Å². The van der Waals surface area contributed by atoms with Crippen molar-refractivity contribution in [3.8, 4) is 5.75 Å². The predicted octanol–water partition coefficient (Wildman–Crippen LogP) is 2.15. The second kappa shape index (κ2) is 8.36. The molecule has 0 aromatic heterocycles. The third-order valence-corrected chi connectivity index (χ3v) is 9.01. The van der Waals surface area contributed by atoms with Gasteiger partial charge in [-0.1, -0.05) is 25.1 Å². The highest BCUT2D eigenvalue weighted by Gasteiger charge is 2.77. The summed E-state index contributed by atoms with van der Waals surface area (Å²) in [6.07, 6.45) is -1.31. The number of hydrogen-bond donors (Lipinski definition) is 2. The summed E-state index contributed by atoms with van der Waals surface area (Å²) < 4.78 is 51.0. The van der Waals surface area contributed by atoms with Crippen molar-refractivity contribution in [2.45, 2.75) is 62.1 Å². The van der Waals surface area contributed by atoms with Crippen molar-refractivity contribution in [2.75, 3.05) is 38.7 Å². The molecule has 1 saturated carbocycles. The number of rotatable bonds is 5. The number of ether oxygens (including phenoxy) is 2. The first kappa shape index (κ1) is 25.8. The molecule has 1 aromatic rings. The average Bonchev–Trinajstić information content (AvgIpc) is 3.36. The summed E-state index contributed by atoms with van der Waals surface area (Å²) in [5.41, 5.74) is -1.92. The number of nitrogens with one attached hydrogen (secondary N) is 1. The molecule has 3 aliphatic heterocycles. The molecule has 0 bridgehead atoms. The number of nitrogens with zero attached hydrogens (tertiary/aromatic N) is 2. The summed E-state index contributed by atoms with van der Waals surface area (Å²) >= 11 is 0. The van der Waals surface area contributed by atoms with Crippen molar-refractivity contribution < 1.29 is 37.3 Å². The van der Waals surface area contributed by atoms with Gasteiger partial charge in [0.05, 0.1) is 19.7 Å². The van der Waals surface area contributed by atoms with Gasteiger partial charge in [0.25, 0.3) is 0 Å². The monoisotopic (exact) mass is 523 g/mol. The first-order valence-corrected chi connectivity index (χ1v) is 12.4. The van der Waals surface area contributed by atoms with E-state index < -0.39 is 53.2 Å². The molecule has 1 spiro atoms. The number of alkyl halides is 3. The summed E-state index contributed by atoms with van der Waals surface area (Å²) in [6, 6.07) is 4.68. The third-order valence-electron chi connectivity index (χ3n) is 9.01. The van der Waals surface area contributed by atoms with E-state index >= 15 is 0 Å². The minimum Gasteiger partial charge on any atom is -0.497 e. The molecule has 1 aliphatic carbocycles. The molecular weight excluding hydrogens is 491 g/mol. The lowest BCUT2D eigenvalue weighted by Crippen LogP contribution is -2.81. The Labute approximate surface area is 213 Å². The fourth-order valence-electron chi connectivity index (χ4n) is 7.97. The number of aliphatic hydroxyl groups is 1. The molecule has 5 rings (SSSR count). The van der Waals surface area contributed by atoms with Crippen molar-refractivity contribution in [3.63, 3.8) is 0 Å². The van der Waals surface area contributed by atoms with Gasteiger partial charge in [0.2, 0.25) is 0 Å². The quantitative estimate of drug-likeness (QED) is 0.452. The zero-order valence-electron chi connectivity index (χ0n) is 21.3. The SMILES string of the molecule is CC[C@]12C=CCN3CC[C@@]4(c5ccc(OC)cc5N(C)[C@H]4[C@@](O)(CNC(=O)C(F)(F)F)[C@@H]1OC(C)=O)[C@@H]32. The van der Waals surface area contributed by atoms with Gasteiger partial charge in [-0.2, -0.15) is 13.2 Å². The highest BCUT2D eigenvalue weighted by Crippen LogP contribution is 2.67. The van der Waals surface area contributed by atoms with Crippen LogP contribution < -0.4 is 15.0 Å². The molecule has 4 aliphatic rings. The van der Waals surface area contributed by atoms with Gasteiger partial charge in [-0.25, -0.2) is 0 Å². The molecule has 11 heteroatoms. The van der Waals surface area contributed by atoms with Gasteiger partial charge in [-0.15, -0.1) is 0 Å². The van der Waals surface area contributed by atoms with E-state index in [9.17, 15) is 27.9 Å². The molecule has 0 unspecified atom stereocenters. The zero-order valence-corrected chi connectivity index (χ0v) is 21.3. The van der Waals surface area contributed by atoms with E-state index in [1.165, 1.54) is 6.92 Å². The number of halogens is 3. The van der Waals surface area contributed by atoms with Gasteiger partial charge in [-0.3, -0.25) is 14.5 Å². The van der Waals surface area contributed by atoms with Gasteiger partial charge in [0.1, 0.15) is 17.5 Å². The van der Waals surface area contributed by atoms with Gasteiger partial charge in [0.15, 0.2) is 0 Å². The van der Waals surface area contributed by atoms with E-state index in [2.05, 4.69) is 4.90 Å². The van der Waals surface area contributed by atoms with Crippen LogP contribution in [0, 0.1) is 5.41 Å². The maximum absolute atomic E-state index is 13.2. The maximum Gasteiger partial charge on any atom is 0.471 e. The molecule has 2 N–H and O–H groups in total. The average molecular weight is 524 g/mol. The second-order valence-electron chi connectivity index (χ2n) is 10.6. The van der Waals surface area contributed by atoms with Crippen LogP contribution in [0.4, 0.5) is 18.9 Å². The van der Waals surface area contributed by atoms with Crippen LogP contribution in [0.25, 0.3) is 0 Å². The van der Waals surface area contributed by atoms with E-state index in [0.717, 1.165) is 11.3 Å². The summed E-state index contributed by atoms with van der Waals surface area (Å²) in [5, 5.41) is 14.5. The van der Waals surface area contributed by atoms with Crippen LogP contribution in [-0.2, 0) is 19.7 Å². The van der Waals surface area contributed by atoms with Crippen LogP contribution in [0.2, 0.25) is 0 Å². The number of fused-ring (bicyclic) bond motifs is 1. The molecular formula is C26H32F3N3O5. The summed E-state index contributed by atoms with van der Waals surface area (Å²) in [7, 11) is 3.33. The second-order valence-corrected chi connectivity index (χ2v) is 10.6. The zero-order chi connectivity index (χ0) is 27.0. The highest BCUT2D eigenvalue weighted by molar-refractivity contribution is 5.82. The predicted molar refractivity (Wildman–Crippen MR) is 128 cm³/mol. The molecule has 6 atom stereocenters. The van der Waals surface area contributed by atoms with E-state index in [-0.39, 0.29) is 6.04 Å². The Balaban J connectivity index is 1.76. The lowest BCUT2D eigenvalue weighted by molar-refractivity contribution is -0.219. The molecule has 3 heterocycles. The Morgan fingerprint density at radius 2 is 2.00 bits per heavy atom. The van der Waals surface area contributed by atoms with Gasteiger partial charge < -0.3 is 24.8 Å². The third kappa shape index (κ3) is 3.35. The fourth-order valence-corrected chi connectivity index (χ4v) is 7.97. The van der Waals surface area contributed by atoms with Crippen LogP contribution in [0.5, 0.6) is 5.75 Å². The molecule has 0 radical (unpaired) electrons.